The highest BCUT2D eigenvalue weighted by Crippen LogP contribution is 2.20. The van der Waals surface area contributed by atoms with E-state index >= 15 is 0 Å². The number of piperazine rings is 1. The fourth-order valence-electron chi connectivity index (χ4n) is 2.92. The van der Waals surface area contributed by atoms with Gasteiger partial charge in [-0.1, -0.05) is 18.2 Å². The third kappa shape index (κ3) is 3.29. The van der Waals surface area contributed by atoms with Crippen molar-refractivity contribution < 1.29 is 0 Å². The summed E-state index contributed by atoms with van der Waals surface area (Å²) in [5, 5.41) is 4.78. The Bertz CT molecular complexity index is 585. The Kier molecular flexibility index (Phi) is 4.97. The quantitative estimate of drug-likeness (QED) is 0.922. The molecule has 0 saturated carbocycles. The summed E-state index contributed by atoms with van der Waals surface area (Å²) in [6.07, 6.45) is 0. The molecule has 1 aliphatic rings. The number of rotatable bonds is 2. The Morgan fingerprint density at radius 1 is 1.35 bits per heavy atom. The number of fused-ring (bicyclic) bond motifs is 1. The second-order valence-corrected chi connectivity index (χ2v) is 5.53. The minimum absolute atomic E-state index is 0. The lowest BCUT2D eigenvalue weighted by Crippen LogP contribution is -2.48. The highest BCUT2D eigenvalue weighted by atomic mass is 35.5. The molecule has 1 N–H and O–H groups in total. The molecule has 20 heavy (non-hydrogen) atoms. The Morgan fingerprint density at radius 2 is 2.15 bits per heavy atom. The van der Waals surface area contributed by atoms with E-state index < -0.39 is 0 Å². The van der Waals surface area contributed by atoms with Crippen LogP contribution in [0.15, 0.2) is 30.3 Å². The molecule has 3 rings (SSSR count). The monoisotopic (exact) mass is 291 g/mol. The van der Waals surface area contributed by atoms with Gasteiger partial charge in [-0.05, 0) is 31.5 Å². The van der Waals surface area contributed by atoms with E-state index in [1.165, 1.54) is 10.9 Å². The second kappa shape index (κ2) is 6.53. The lowest BCUT2D eigenvalue weighted by atomic mass is 10.1. The van der Waals surface area contributed by atoms with Gasteiger partial charge in [0, 0.05) is 43.3 Å². The lowest BCUT2D eigenvalue weighted by molar-refractivity contribution is 0.200. The van der Waals surface area contributed by atoms with Gasteiger partial charge in [-0.25, -0.2) is 0 Å². The average molecular weight is 292 g/mol. The summed E-state index contributed by atoms with van der Waals surface area (Å²) in [4.78, 5) is 7.14. The van der Waals surface area contributed by atoms with Crippen LogP contribution in [0.3, 0.4) is 0 Å². The minimum Gasteiger partial charge on any atom is -0.312 e. The Morgan fingerprint density at radius 3 is 2.95 bits per heavy atom. The van der Waals surface area contributed by atoms with Crippen molar-refractivity contribution in [3.63, 3.8) is 0 Å². The maximum Gasteiger partial charge on any atom is 0.0708 e. The van der Waals surface area contributed by atoms with Crippen LogP contribution in [0.2, 0.25) is 0 Å². The van der Waals surface area contributed by atoms with Crippen molar-refractivity contribution in [1.29, 1.82) is 0 Å². The molecule has 1 aromatic carbocycles. The molecule has 4 heteroatoms. The molecular weight excluding hydrogens is 270 g/mol. The van der Waals surface area contributed by atoms with Crippen LogP contribution in [-0.4, -0.2) is 35.6 Å². The van der Waals surface area contributed by atoms with Gasteiger partial charge in [0.15, 0.2) is 0 Å². The summed E-state index contributed by atoms with van der Waals surface area (Å²) in [5.74, 6) is 0. The number of pyridine rings is 1. The van der Waals surface area contributed by atoms with Gasteiger partial charge in [-0.15, -0.1) is 12.4 Å². The van der Waals surface area contributed by atoms with E-state index in [1.54, 1.807) is 0 Å². The first-order chi connectivity index (χ1) is 9.22. The first-order valence-electron chi connectivity index (χ1n) is 7.03. The predicted octanol–water partition coefficient (Wildman–Crippen LogP) is 2.76. The number of aromatic nitrogens is 1. The van der Waals surface area contributed by atoms with Gasteiger partial charge in [0.05, 0.1) is 5.52 Å². The molecule has 1 saturated heterocycles. The zero-order chi connectivity index (χ0) is 13.2. The Hall–Kier alpha value is -1.16. The highest BCUT2D eigenvalue weighted by molar-refractivity contribution is 5.85. The molecule has 1 aromatic heterocycles. The van der Waals surface area contributed by atoms with Crippen LogP contribution in [0.25, 0.3) is 10.9 Å². The first-order valence-corrected chi connectivity index (χ1v) is 7.03. The van der Waals surface area contributed by atoms with Gasteiger partial charge in [-0.2, -0.15) is 0 Å². The molecular formula is C16H22ClN3. The Balaban J connectivity index is 0.00000147. The summed E-state index contributed by atoms with van der Waals surface area (Å²) < 4.78 is 0. The maximum atomic E-state index is 4.61. The molecule has 1 atom stereocenters. The van der Waals surface area contributed by atoms with Gasteiger partial charge in [-0.3, -0.25) is 9.88 Å². The van der Waals surface area contributed by atoms with Crippen molar-refractivity contribution in [1.82, 2.24) is 15.2 Å². The van der Waals surface area contributed by atoms with E-state index in [9.17, 15) is 0 Å². The van der Waals surface area contributed by atoms with Crippen molar-refractivity contribution >= 4 is 23.3 Å². The number of hydrogen-bond acceptors (Lipinski definition) is 3. The van der Waals surface area contributed by atoms with Crippen LogP contribution in [0.4, 0.5) is 0 Å². The van der Waals surface area contributed by atoms with Crippen LogP contribution in [0.1, 0.15) is 18.2 Å². The van der Waals surface area contributed by atoms with Crippen LogP contribution in [0, 0.1) is 6.92 Å². The van der Waals surface area contributed by atoms with E-state index in [-0.39, 0.29) is 12.4 Å². The molecule has 0 amide bonds. The second-order valence-electron chi connectivity index (χ2n) is 5.53. The predicted molar refractivity (Wildman–Crippen MR) is 86.5 cm³/mol. The van der Waals surface area contributed by atoms with Crippen molar-refractivity contribution in [2.75, 3.05) is 19.6 Å². The standard InChI is InChI=1S/C16H21N3.ClH/c1-12-9-14(11-19-8-7-17-13(2)10-19)15-5-3-4-6-16(15)18-12;/h3-6,9,13,17H,7-8,10-11H2,1-2H3;1H/t13-;/m0./s1. The molecule has 0 aliphatic carbocycles. The third-order valence-corrected chi connectivity index (χ3v) is 3.78. The summed E-state index contributed by atoms with van der Waals surface area (Å²) in [6, 6.07) is 11.3. The number of aryl methyl sites for hydroxylation is 1. The average Bonchev–Trinajstić information content (AvgIpc) is 2.38. The van der Waals surface area contributed by atoms with Crippen LogP contribution in [-0.2, 0) is 6.54 Å². The number of halogens is 1. The molecule has 1 aliphatic heterocycles. The van der Waals surface area contributed by atoms with Gasteiger partial charge in [0.25, 0.3) is 0 Å². The van der Waals surface area contributed by atoms with Gasteiger partial charge >= 0.3 is 0 Å². The van der Waals surface area contributed by atoms with Crippen molar-refractivity contribution in [2.24, 2.45) is 0 Å². The van der Waals surface area contributed by atoms with Crippen LogP contribution in [0.5, 0.6) is 0 Å². The largest absolute Gasteiger partial charge is 0.312 e. The van der Waals surface area contributed by atoms with Gasteiger partial charge in [0.1, 0.15) is 0 Å². The molecule has 2 heterocycles. The maximum absolute atomic E-state index is 4.61. The molecule has 108 valence electrons. The smallest absolute Gasteiger partial charge is 0.0708 e. The summed E-state index contributed by atoms with van der Waals surface area (Å²) in [7, 11) is 0. The number of hydrogen-bond donors (Lipinski definition) is 1. The van der Waals surface area contributed by atoms with E-state index in [2.05, 4.69) is 59.4 Å². The molecule has 0 unspecified atom stereocenters. The normalized spacial score (nSPS) is 19.8. The minimum atomic E-state index is 0. The number of nitrogens with one attached hydrogen (secondary N) is 1. The topological polar surface area (TPSA) is 28.2 Å². The van der Waals surface area contributed by atoms with Crippen molar-refractivity contribution in [3.05, 3.63) is 41.6 Å². The van der Waals surface area contributed by atoms with E-state index in [0.717, 1.165) is 37.4 Å². The Labute approximate surface area is 126 Å². The lowest BCUT2D eigenvalue weighted by Gasteiger charge is -2.32. The molecule has 0 spiro atoms. The first kappa shape index (κ1) is 15.2. The number of benzene rings is 1. The molecule has 1 fully saturated rings. The zero-order valence-corrected chi connectivity index (χ0v) is 12.9. The van der Waals surface area contributed by atoms with Gasteiger partial charge < -0.3 is 5.32 Å². The van der Waals surface area contributed by atoms with Crippen LogP contribution < -0.4 is 5.32 Å². The number of nitrogens with zero attached hydrogens (tertiary/aromatic N) is 2. The van der Waals surface area contributed by atoms with Crippen molar-refractivity contribution in [3.8, 4) is 0 Å². The fraction of sp³-hybridized carbons (Fsp3) is 0.438. The molecule has 2 aromatic rings. The summed E-state index contributed by atoms with van der Waals surface area (Å²) in [5.41, 5.74) is 3.62. The van der Waals surface area contributed by atoms with Gasteiger partial charge in [0.2, 0.25) is 0 Å². The molecule has 3 nitrogen and oxygen atoms in total. The third-order valence-electron chi connectivity index (χ3n) is 3.78. The summed E-state index contributed by atoms with van der Waals surface area (Å²) in [6.45, 7) is 8.69. The van der Waals surface area contributed by atoms with Crippen LogP contribution >= 0.6 is 12.4 Å². The zero-order valence-electron chi connectivity index (χ0n) is 12.1. The molecule has 0 radical (unpaired) electrons. The van der Waals surface area contributed by atoms with Crippen molar-refractivity contribution in [2.45, 2.75) is 26.4 Å². The molecule has 0 bridgehead atoms. The summed E-state index contributed by atoms with van der Waals surface area (Å²) >= 11 is 0. The highest BCUT2D eigenvalue weighted by Gasteiger charge is 2.16. The van der Waals surface area contributed by atoms with E-state index in [4.69, 9.17) is 0 Å². The SMILES string of the molecule is Cc1cc(CN2CCN[C@@H](C)C2)c2ccccc2n1.Cl. The van der Waals surface area contributed by atoms with E-state index in [0.29, 0.717) is 6.04 Å². The van der Waals surface area contributed by atoms with E-state index in [1.807, 2.05) is 0 Å². The fourth-order valence-corrected chi connectivity index (χ4v) is 2.92. The number of para-hydroxylation sites is 1.